The Morgan fingerprint density at radius 3 is 2.40 bits per heavy atom. The maximum absolute atomic E-state index is 14.1. The molecule has 1 aromatic heterocycles. The molecule has 0 aliphatic heterocycles. The molecule has 0 fully saturated rings. The van der Waals surface area contributed by atoms with E-state index in [-0.39, 0.29) is 11.1 Å². The highest BCUT2D eigenvalue weighted by Gasteiger charge is 2.24. The number of rotatable bonds is 2. The van der Waals surface area contributed by atoms with Crippen LogP contribution in [0.4, 0.5) is 8.78 Å². The Labute approximate surface area is 117 Å². The highest BCUT2D eigenvalue weighted by molar-refractivity contribution is 6.89. The smallest absolute Gasteiger partial charge is 0.143 e. The van der Waals surface area contributed by atoms with Gasteiger partial charge in [0.2, 0.25) is 0 Å². The van der Waals surface area contributed by atoms with E-state index >= 15 is 0 Å². The van der Waals surface area contributed by atoms with Crippen LogP contribution >= 0.6 is 0 Å². The molecular weight excluding hydrogens is 274 g/mol. The molecule has 102 valence electrons. The lowest BCUT2D eigenvalue weighted by Crippen LogP contribution is -2.41. The topological polar surface area (TPSA) is 36.7 Å². The van der Waals surface area contributed by atoms with Crippen LogP contribution in [0.5, 0.6) is 0 Å². The zero-order valence-electron chi connectivity index (χ0n) is 11.5. The first-order chi connectivity index (χ1) is 9.34. The maximum atomic E-state index is 14.1. The van der Waals surface area contributed by atoms with Gasteiger partial charge in [0.15, 0.2) is 0 Å². The summed E-state index contributed by atoms with van der Waals surface area (Å²) >= 11 is 0. The highest BCUT2D eigenvalue weighted by Crippen LogP contribution is 2.25. The highest BCUT2D eigenvalue weighted by atomic mass is 28.3. The summed E-state index contributed by atoms with van der Waals surface area (Å²) in [5, 5.41) is 9.73. The molecule has 2 rings (SSSR count). The molecule has 0 amide bonds. The van der Waals surface area contributed by atoms with Crippen molar-refractivity contribution in [3.63, 3.8) is 0 Å². The van der Waals surface area contributed by atoms with E-state index in [4.69, 9.17) is 5.26 Å². The fraction of sp³-hybridized carbons (Fsp3) is 0.200. The minimum atomic E-state index is -1.78. The zero-order chi connectivity index (χ0) is 14.9. The second-order valence-corrected chi connectivity index (χ2v) is 10.5. The molecule has 0 unspecified atom stereocenters. The Kier molecular flexibility index (Phi) is 3.69. The summed E-state index contributed by atoms with van der Waals surface area (Å²) in [5.41, 5.74) is 0.709. The lowest BCUT2D eigenvalue weighted by molar-refractivity contribution is 0.583. The van der Waals surface area contributed by atoms with E-state index in [2.05, 4.69) is 24.6 Å². The van der Waals surface area contributed by atoms with Gasteiger partial charge in [0.25, 0.3) is 0 Å². The summed E-state index contributed by atoms with van der Waals surface area (Å²) in [6.07, 6.45) is 1.67. The molecule has 1 heterocycles. The van der Waals surface area contributed by atoms with Crippen molar-refractivity contribution in [3.05, 3.63) is 47.7 Å². The van der Waals surface area contributed by atoms with Crippen molar-refractivity contribution in [2.75, 3.05) is 0 Å². The van der Waals surface area contributed by atoms with Crippen molar-refractivity contribution >= 4 is 13.4 Å². The maximum Gasteiger partial charge on any atom is 0.143 e. The molecule has 20 heavy (non-hydrogen) atoms. The summed E-state index contributed by atoms with van der Waals surface area (Å²) in [4.78, 5) is 4.36. The first-order valence-electron chi connectivity index (χ1n) is 6.19. The van der Waals surface area contributed by atoms with E-state index in [9.17, 15) is 8.78 Å². The van der Waals surface area contributed by atoms with Gasteiger partial charge in [0.1, 0.15) is 25.8 Å². The molecule has 0 spiro atoms. The van der Waals surface area contributed by atoms with Crippen LogP contribution in [-0.4, -0.2) is 13.1 Å². The SMILES string of the molecule is C[Si](C)(C)c1ncccc1-c1cc(C#N)c(F)cc1F. The molecule has 0 bridgehead atoms. The molecule has 0 N–H and O–H groups in total. The molecule has 0 saturated heterocycles. The summed E-state index contributed by atoms with van der Waals surface area (Å²) < 4.78 is 27.5. The van der Waals surface area contributed by atoms with Gasteiger partial charge in [-0.15, -0.1) is 0 Å². The monoisotopic (exact) mass is 288 g/mol. The van der Waals surface area contributed by atoms with Crippen molar-refractivity contribution in [1.29, 1.82) is 5.26 Å². The molecule has 2 aromatic rings. The van der Waals surface area contributed by atoms with Crippen molar-refractivity contribution in [3.8, 4) is 17.2 Å². The molecule has 0 saturated carbocycles. The van der Waals surface area contributed by atoms with E-state index in [1.165, 1.54) is 6.07 Å². The van der Waals surface area contributed by atoms with Gasteiger partial charge < -0.3 is 0 Å². The number of nitrogens with zero attached hydrogens (tertiary/aromatic N) is 2. The van der Waals surface area contributed by atoms with E-state index in [1.807, 2.05) is 0 Å². The van der Waals surface area contributed by atoms with Crippen LogP contribution in [0, 0.1) is 23.0 Å². The van der Waals surface area contributed by atoms with Crippen molar-refractivity contribution in [2.24, 2.45) is 0 Å². The van der Waals surface area contributed by atoms with Crippen molar-refractivity contribution in [1.82, 2.24) is 4.98 Å². The largest absolute Gasteiger partial charge is 0.265 e. The number of hydrogen-bond donors (Lipinski definition) is 0. The van der Waals surface area contributed by atoms with Gasteiger partial charge in [0.05, 0.1) is 5.56 Å². The van der Waals surface area contributed by atoms with Crippen LogP contribution < -0.4 is 5.32 Å². The zero-order valence-corrected chi connectivity index (χ0v) is 12.5. The molecular formula is C15H14F2N2Si. The Hall–Kier alpha value is -2.06. The molecule has 0 radical (unpaired) electrons. The summed E-state index contributed by atoms with van der Waals surface area (Å²) in [5.74, 6) is -1.51. The fourth-order valence-electron chi connectivity index (χ4n) is 2.06. The van der Waals surface area contributed by atoms with Crippen LogP contribution in [-0.2, 0) is 0 Å². The van der Waals surface area contributed by atoms with E-state index in [0.717, 1.165) is 11.4 Å². The van der Waals surface area contributed by atoms with E-state index in [0.29, 0.717) is 5.56 Å². The molecule has 5 heteroatoms. The van der Waals surface area contributed by atoms with Gasteiger partial charge >= 0.3 is 0 Å². The van der Waals surface area contributed by atoms with Gasteiger partial charge in [-0.3, -0.25) is 4.98 Å². The quantitative estimate of drug-likeness (QED) is 0.794. The van der Waals surface area contributed by atoms with Gasteiger partial charge in [-0.05, 0) is 12.1 Å². The standard InChI is InChI=1S/C15H14F2N2Si/c1-20(2,3)15-11(5-4-6-19-15)12-7-10(9-18)13(16)8-14(12)17/h4-8H,1-3H3. The predicted octanol–water partition coefficient (Wildman–Crippen LogP) is 3.44. The third-order valence-electron chi connectivity index (χ3n) is 2.99. The molecule has 1 aromatic carbocycles. The average Bonchev–Trinajstić information content (AvgIpc) is 2.38. The summed E-state index contributed by atoms with van der Waals surface area (Å²) in [7, 11) is -1.78. The van der Waals surface area contributed by atoms with Gasteiger partial charge in [-0.2, -0.15) is 5.26 Å². The van der Waals surface area contributed by atoms with E-state index in [1.54, 1.807) is 24.4 Å². The average molecular weight is 288 g/mol. The summed E-state index contributed by atoms with van der Waals surface area (Å²) in [6.45, 7) is 6.31. The van der Waals surface area contributed by atoms with Gasteiger partial charge in [-0.25, -0.2) is 8.78 Å². The number of halogens is 2. The Balaban J connectivity index is 2.73. The van der Waals surface area contributed by atoms with E-state index < -0.39 is 19.7 Å². The third-order valence-corrected chi connectivity index (χ3v) is 4.80. The Morgan fingerprint density at radius 2 is 1.80 bits per heavy atom. The van der Waals surface area contributed by atoms with Crippen LogP contribution in [0.2, 0.25) is 19.6 Å². The number of benzene rings is 1. The summed E-state index contributed by atoms with van der Waals surface area (Å²) in [6, 6.07) is 7.23. The van der Waals surface area contributed by atoms with Crippen molar-refractivity contribution in [2.45, 2.75) is 19.6 Å². The predicted molar refractivity (Wildman–Crippen MR) is 77.3 cm³/mol. The Bertz CT molecular complexity index is 700. The molecule has 0 atom stereocenters. The Morgan fingerprint density at radius 1 is 1.10 bits per heavy atom. The molecule has 0 aliphatic rings. The number of aromatic nitrogens is 1. The molecule has 2 nitrogen and oxygen atoms in total. The van der Waals surface area contributed by atoms with Crippen LogP contribution in [0.25, 0.3) is 11.1 Å². The minimum absolute atomic E-state index is 0.160. The normalized spacial score (nSPS) is 11.2. The minimum Gasteiger partial charge on any atom is -0.265 e. The van der Waals surface area contributed by atoms with Crippen LogP contribution in [0.15, 0.2) is 30.5 Å². The van der Waals surface area contributed by atoms with Gasteiger partial charge in [-0.1, -0.05) is 25.7 Å². The lowest BCUT2D eigenvalue weighted by atomic mass is 10.0. The second-order valence-electron chi connectivity index (χ2n) is 5.57. The first-order valence-corrected chi connectivity index (χ1v) is 9.69. The number of pyridine rings is 1. The lowest BCUT2D eigenvalue weighted by Gasteiger charge is -2.19. The van der Waals surface area contributed by atoms with Gasteiger partial charge in [0, 0.05) is 28.7 Å². The van der Waals surface area contributed by atoms with Crippen LogP contribution in [0.1, 0.15) is 5.56 Å². The number of nitriles is 1. The van der Waals surface area contributed by atoms with Crippen molar-refractivity contribution < 1.29 is 8.78 Å². The fourth-order valence-corrected chi connectivity index (χ4v) is 3.55. The number of hydrogen-bond acceptors (Lipinski definition) is 2. The van der Waals surface area contributed by atoms with Crippen LogP contribution in [0.3, 0.4) is 0 Å². The molecule has 0 aliphatic carbocycles. The third kappa shape index (κ3) is 2.61. The second kappa shape index (κ2) is 5.14. The first kappa shape index (κ1) is 14.3.